The summed E-state index contributed by atoms with van der Waals surface area (Å²) in [6, 6.07) is 8.30. The fourth-order valence-electron chi connectivity index (χ4n) is 3.81. The van der Waals surface area contributed by atoms with Crippen LogP contribution in [0.25, 0.3) is 0 Å². The van der Waals surface area contributed by atoms with E-state index in [-0.39, 0.29) is 16.8 Å². The minimum Gasteiger partial charge on any atom is -0.390 e. The zero-order valence-electron chi connectivity index (χ0n) is 15.8. The van der Waals surface area contributed by atoms with E-state index in [2.05, 4.69) is 6.58 Å². The van der Waals surface area contributed by atoms with Gasteiger partial charge in [0, 0.05) is 12.3 Å². The Morgan fingerprint density at radius 1 is 1.26 bits per heavy atom. The number of aliphatic hydroxyl groups excluding tert-OH is 1. The van der Waals surface area contributed by atoms with Gasteiger partial charge < -0.3 is 19.3 Å². The highest BCUT2D eigenvalue weighted by atomic mass is 32.2. The summed E-state index contributed by atoms with van der Waals surface area (Å²) in [6.45, 7) is 7.84. The van der Waals surface area contributed by atoms with Crippen molar-refractivity contribution in [3.8, 4) is 0 Å². The van der Waals surface area contributed by atoms with Crippen molar-refractivity contribution in [1.82, 2.24) is 0 Å². The normalized spacial score (nSPS) is 33.2. The molecule has 2 heterocycles. The lowest BCUT2D eigenvalue weighted by Crippen LogP contribution is -2.35. The summed E-state index contributed by atoms with van der Waals surface area (Å²) in [5.41, 5.74) is 0. The first kappa shape index (κ1) is 20.5. The number of sulfone groups is 1. The van der Waals surface area contributed by atoms with E-state index in [9.17, 15) is 13.5 Å². The average molecular weight is 397 g/mol. The number of ether oxygens (including phenoxy) is 3. The van der Waals surface area contributed by atoms with E-state index in [0.717, 1.165) is 0 Å². The molecule has 0 amide bonds. The molecule has 3 rings (SSSR count). The molecule has 1 aromatic rings. The van der Waals surface area contributed by atoms with Gasteiger partial charge in [0.15, 0.2) is 15.6 Å². The van der Waals surface area contributed by atoms with Crippen molar-refractivity contribution in [3.63, 3.8) is 0 Å². The number of hydrogen-bond acceptors (Lipinski definition) is 6. The molecule has 5 atom stereocenters. The second kappa shape index (κ2) is 8.01. The molecule has 2 fully saturated rings. The molecule has 2 aliphatic rings. The van der Waals surface area contributed by atoms with E-state index in [1.54, 1.807) is 36.4 Å². The zero-order chi connectivity index (χ0) is 19.7. The third kappa shape index (κ3) is 4.78. The van der Waals surface area contributed by atoms with Crippen LogP contribution in [-0.2, 0) is 24.0 Å². The predicted octanol–water partition coefficient (Wildman–Crippen LogP) is 2.32. The van der Waals surface area contributed by atoms with Crippen LogP contribution in [0.1, 0.15) is 26.7 Å². The SMILES string of the molecule is C=CC[C@@H]1O[C@H](C[C@H]2COC(C)(C)O2)[C@H](O)[C@H]1CS(=O)(=O)c1ccccc1. The van der Waals surface area contributed by atoms with Crippen LogP contribution in [-0.4, -0.2) is 56.1 Å². The van der Waals surface area contributed by atoms with Crippen LogP contribution < -0.4 is 0 Å². The summed E-state index contributed by atoms with van der Waals surface area (Å²) in [5.74, 6) is -1.33. The maximum Gasteiger partial charge on any atom is 0.178 e. The number of benzene rings is 1. The highest BCUT2D eigenvalue weighted by Crippen LogP contribution is 2.36. The summed E-state index contributed by atoms with van der Waals surface area (Å²) in [5, 5.41) is 10.8. The predicted molar refractivity (Wildman–Crippen MR) is 101 cm³/mol. The Hall–Kier alpha value is -1.25. The lowest BCUT2D eigenvalue weighted by molar-refractivity contribution is -0.143. The largest absolute Gasteiger partial charge is 0.390 e. The third-order valence-corrected chi connectivity index (χ3v) is 6.94. The highest BCUT2D eigenvalue weighted by molar-refractivity contribution is 7.91. The molecular weight excluding hydrogens is 368 g/mol. The molecule has 0 saturated carbocycles. The molecule has 0 aliphatic carbocycles. The molecule has 0 spiro atoms. The molecule has 0 bridgehead atoms. The van der Waals surface area contributed by atoms with Crippen molar-refractivity contribution < 1.29 is 27.7 Å². The van der Waals surface area contributed by atoms with Gasteiger partial charge >= 0.3 is 0 Å². The van der Waals surface area contributed by atoms with Gasteiger partial charge in [-0.1, -0.05) is 24.3 Å². The Bertz CT molecular complexity index is 745. The van der Waals surface area contributed by atoms with Crippen molar-refractivity contribution in [3.05, 3.63) is 43.0 Å². The zero-order valence-corrected chi connectivity index (χ0v) is 16.6. The smallest absolute Gasteiger partial charge is 0.178 e. The second-order valence-corrected chi connectivity index (χ2v) is 9.71. The first-order valence-corrected chi connectivity index (χ1v) is 10.9. The molecule has 1 N–H and O–H groups in total. The highest BCUT2D eigenvalue weighted by Gasteiger charge is 2.47. The van der Waals surface area contributed by atoms with Gasteiger partial charge in [0.2, 0.25) is 0 Å². The number of rotatable bonds is 7. The molecule has 0 unspecified atom stereocenters. The molecule has 0 aromatic heterocycles. The molecular formula is C20H28O6S. The lowest BCUT2D eigenvalue weighted by Gasteiger charge is -2.21. The van der Waals surface area contributed by atoms with Gasteiger partial charge in [-0.05, 0) is 32.4 Å². The van der Waals surface area contributed by atoms with Crippen LogP contribution in [0.3, 0.4) is 0 Å². The van der Waals surface area contributed by atoms with Crippen molar-refractivity contribution >= 4 is 9.84 Å². The van der Waals surface area contributed by atoms with Crippen LogP contribution in [0.2, 0.25) is 0 Å². The van der Waals surface area contributed by atoms with Gasteiger partial charge in [-0.25, -0.2) is 8.42 Å². The fourth-order valence-corrected chi connectivity index (χ4v) is 5.50. The standard InChI is InChI=1S/C20H28O6S/c1-4-8-17-16(13-27(22,23)15-9-6-5-7-10-15)19(21)18(25-17)11-14-12-24-20(2,3)26-14/h4-7,9-10,14,16-19,21H,1,8,11-13H2,2-3H3/t14-,16-,17-,18+,19+/m0/s1. The molecule has 1 aromatic carbocycles. The second-order valence-electron chi connectivity index (χ2n) is 7.67. The van der Waals surface area contributed by atoms with Gasteiger partial charge in [-0.3, -0.25) is 0 Å². The molecule has 6 nitrogen and oxygen atoms in total. The summed E-state index contributed by atoms with van der Waals surface area (Å²) >= 11 is 0. The molecule has 2 saturated heterocycles. The van der Waals surface area contributed by atoms with Crippen molar-refractivity contribution in [2.45, 2.75) is 61.8 Å². The van der Waals surface area contributed by atoms with Gasteiger partial charge in [0.1, 0.15) is 0 Å². The Morgan fingerprint density at radius 2 is 1.96 bits per heavy atom. The fraction of sp³-hybridized carbons (Fsp3) is 0.600. The van der Waals surface area contributed by atoms with E-state index in [4.69, 9.17) is 14.2 Å². The lowest BCUT2D eigenvalue weighted by atomic mass is 9.94. The van der Waals surface area contributed by atoms with Crippen molar-refractivity contribution in [1.29, 1.82) is 0 Å². The van der Waals surface area contributed by atoms with Crippen LogP contribution in [0.5, 0.6) is 0 Å². The quantitative estimate of drug-likeness (QED) is 0.713. The van der Waals surface area contributed by atoms with Gasteiger partial charge in [0.05, 0.1) is 41.7 Å². The first-order valence-electron chi connectivity index (χ1n) is 9.26. The maximum absolute atomic E-state index is 12.8. The van der Waals surface area contributed by atoms with E-state index < -0.39 is 39.9 Å². The number of aliphatic hydroxyl groups is 1. The monoisotopic (exact) mass is 396 g/mol. The molecule has 2 aliphatic heterocycles. The van der Waals surface area contributed by atoms with Crippen molar-refractivity contribution in [2.24, 2.45) is 5.92 Å². The van der Waals surface area contributed by atoms with Gasteiger partial charge in [0.25, 0.3) is 0 Å². The van der Waals surface area contributed by atoms with Gasteiger partial charge in [-0.2, -0.15) is 0 Å². The average Bonchev–Trinajstić information content (AvgIpc) is 3.10. The Labute approximate surface area is 161 Å². The minimum atomic E-state index is -3.53. The molecule has 27 heavy (non-hydrogen) atoms. The summed E-state index contributed by atoms with van der Waals surface area (Å²) in [7, 11) is -3.53. The number of hydrogen-bond donors (Lipinski definition) is 1. The topological polar surface area (TPSA) is 82.1 Å². The molecule has 150 valence electrons. The van der Waals surface area contributed by atoms with Crippen LogP contribution in [0.4, 0.5) is 0 Å². The summed E-state index contributed by atoms with van der Waals surface area (Å²) < 4.78 is 43.0. The van der Waals surface area contributed by atoms with E-state index >= 15 is 0 Å². The first-order chi connectivity index (χ1) is 12.7. The Morgan fingerprint density at radius 3 is 2.56 bits per heavy atom. The molecule has 7 heteroatoms. The van der Waals surface area contributed by atoms with E-state index in [0.29, 0.717) is 19.4 Å². The van der Waals surface area contributed by atoms with Crippen LogP contribution in [0.15, 0.2) is 47.9 Å². The van der Waals surface area contributed by atoms with E-state index in [1.807, 2.05) is 13.8 Å². The Kier molecular flexibility index (Phi) is 6.08. The summed E-state index contributed by atoms with van der Waals surface area (Å²) in [6.07, 6.45) is 0.676. The van der Waals surface area contributed by atoms with Crippen LogP contribution >= 0.6 is 0 Å². The third-order valence-electron chi connectivity index (χ3n) is 5.12. The minimum absolute atomic E-state index is 0.166. The van der Waals surface area contributed by atoms with Gasteiger partial charge in [-0.15, -0.1) is 6.58 Å². The summed E-state index contributed by atoms with van der Waals surface area (Å²) in [4.78, 5) is 0.257. The van der Waals surface area contributed by atoms with E-state index in [1.165, 1.54) is 0 Å². The maximum atomic E-state index is 12.8. The Balaban J connectivity index is 1.72. The van der Waals surface area contributed by atoms with Crippen molar-refractivity contribution in [2.75, 3.05) is 12.4 Å². The van der Waals surface area contributed by atoms with Crippen LogP contribution in [0, 0.1) is 5.92 Å². The molecule has 0 radical (unpaired) electrons.